The summed E-state index contributed by atoms with van der Waals surface area (Å²) in [6.07, 6.45) is 1.06. The molecule has 1 aliphatic rings. The summed E-state index contributed by atoms with van der Waals surface area (Å²) in [6, 6.07) is 53.3. The first-order chi connectivity index (χ1) is 20.5. The van der Waals surface area contributed by atoms with Crippen LogP contribution in [-0.4, -0.2) is 0 Å². The van der Waals surface area contributed by atoms with Crippen molar-refractivity contribution in [2.75, 3.05) is 4.90 Å². The maximum atomic E-state index is 2.40. The molecule has 0 unspecified atom stereocenters. The lowest BCUT2D eigenvalue weighted by atomic mass is 9.82. The molecule has 0 saturated carbocycles. The second-order valence-corrected chi connectivity index (χ2v) is 11.7. The van der Waals surface area contributed by atoms with Crippen LogP contribution in [-0.2, 0) is 11.8 Å². The van der Waals surface area contributed by atoms with E-state index in [1.54, 1.807) is 0 Å². The Balaban J connectivity index is 1.32. The fourth-order valence-electron chi connectivity index (χ4n) is 6.45. The van der Waals surface area contributed by atoms with Crippen LogP contribution < -0.4 is 4.90 Å². The van der Waals surface area contributed by atoms with Crippen molar-refractivity contribution in [2.45, 2.75) is 32.6 Å². The maximum absolute atomic E-state index is 2.40. The van der Waals surface area contributed by atoms with Crippen LogP contribution in [0.3, 0.4) is 0 Å². The predicted molar refractivity (Wildman–Crippen MR) is 179 cm³/mol. The Bertz CT molecular complexity index is 1840. The Morgan fingerprint density at radius 2 is 0.929 bits per heavy atom. The Morgan fingerprint density at radius 1 is 0.452 bits per heavy atom. The van der Waals surface area contributed by atoms with Crippen LogP contribution in [0.2, 0.25) is 0 Å². The van der Waals surface area contributed by atoms with E-state index in [2.05, 4.69) is 171 Å². The third-order valence-corrected chi connectivity index (χ3v) is 8.88. The van der Waals surface area contributed by atoms with Gasteiger partial charge in [-0.25, -0.2) is 0 Å². The minimum absolute atomic E-state index is 0.0563. The van der Waals surface area contributed by atoms with Gasteiger partial charge in [0.1, 0.15) is 0 Å². The molecule has 42 heavy (non-hydrogen) atoms. The van der Waals surface area contributed by atoms with Crippen LogP contribution >= 0.6 is 0 Å². The number of benzene rings is 6. The zero-order valence-electron chi connectivity index (χ0n) is 24.5. The van der Waals surface area contributed by atoms with E-state index < -0.39 is 0 Å². The van der Waals surface area contributed by atoms with Crippen molar-refractivity contribution < 1.29 is 0 Å². The molecule has 0 aromatic heterocycles. The molecule has 204 valence electrons. The lowest BCUT2D eigenvalue weighted by Crippen LogP contribution is -2.16. The van der Waals surface area contributed by atoms with Crippen molar-refractivity contribution >= 4 is 17.1 Å². The van der Waals surface area contributed by atoms with Gasteiger partial charge in [-0.05, 0) is 92.9 Å². The van der Waals surface area contributed by atoms with Gasteiger partial charge in [0.05, 0.1) is 0 Å². The standard InChI is InChI=1S/C41H35N/c1-4-29-14-16-31(17-15-29)33-20-24-35(25-21-33)42(34-22-18-32(19-23-34)30-10-6-5-7-11-30)36-26-27-38-37-12-8-9-13-39(37)41(2,3)40(38)28-36/h5-28H,4H2,1-3H3. The number of anilines is 3. The van der Waals surface area contributed by atoms with Gasteiger partial charge in [-0.3, -0.25) is 0 Å². The van der Waals surface area contributed by atoms with Crippen molar-refractivity contribution in [2.24, 2.45) is 0 Å². The Hall–Kier alpha value is -4.88. The molecule has 0 bridgehead atoms. The molecule has 0 fully saturated rings. The summed E-state index contributed by atoms with van der Waals surface area (Å²) < 4.78 is 0. The minimum Gasteiger partial charge on any atom is -0.310 e. The molecule has 0 amide bonds. The number of hydrogen-bond acceptors (Lipinski definition) is 1. The van der Waals surface area contributed by atoms with E-state index in [9.17, 15) is 0 Å². The molecule has 6 aromatic rings. The Kier molecular flexibility index (Phi) is 6.52. The van der Waals surface area contributed by atoms with Crippen LogP contribution in [0.4, 0.5) is 17.1 Å². The average Bonchev–Trinajstić information content (AvgIpc) is 3.28. The molecule has 7 rings (SSSR count). The maximum Gasteiger partial charge on any atom is 0.0465 e. The molecule has 0 radical (unpaired) electrons. The molecule has 0 saturated heterocycles. The van der Waals surface area contributed by atoms with Crippen molar-refractivity contribution in [1.29, 1.82) is 0 Å². The van der Waals surface area contributed by atoms with Crippen molar-refractivity contribution in [3.63, 3.8) is 0 Å². The van der Waals surface area contributed by atoms with E-state index >= 15 is 0 Å². The molecule has 0 spiro atoms. The Labute approximate surface area is 249 Å². The zero-order chi connectivity index (χ0) is 28.7. The van der Waals surface area contributed by atoms with Gasteiger partial charge in [-0.15, -0.1) is 0 Å². The number of nitrogens with zero attached hydrogens (tertiary/aromatic N) is 1. The van der Waals surface area contributed by atoms with E-state index in [1.807, 2.05) is 0 Å². The minimum atomic E-state index is -0.0563. The largest absolute Gasteiger partial charge is 0.310 e. The monoisotopic (exact) mass is 541 g/mol. The first-order valence-corrected chi connectivity index (χ1v) is 14.9. The second kappa shape index (κ2) is 10.5. The van der Waals surface area contributed by atoms with E-state index in [-0.39, 0.29) is 5.41 Å². The SMILES string of the molecule is CCc1ccc(-c2ccc(N(c3ccc(-c4ccccc4)cc3)c3ccc4c(c3)C(C)(C)c3ccccc3-4)cc2)cc1. The van der Waals surface area contributed by atoms with Crippen molar-refractivity contribution in [1.82, 2.24) is 0 Å². The van der Waals surface area contributed by atoms with Gasteiger partial charge in [0.25, 0.3) is 0 Å². The predicted octanol–water partition coefficient (Wildman–Crippen LogP) is 11.4. The van der Waals surface area contributed by atoms with Gasteiger partial charge >= 0.3 is 0 Å². The van der Waals surface area contributed by atoms with Gasteiger partial charge in [0.2, 0.25) is 0 Å². The summed E-state index contributed by atoms with van der Waals surface area (Å²) in [5.41, 5.74) is 15.1. The summed E-state index contributed by atoms with van der Waals surface area (Å²) in [6.45, 7) is 6.89. The Morgan fingerprint density at radius 3 is 1.52 bits per heavy atom. The van der Waals surface area contributed by atoms with E-state index in [1.165, 1.54) is 55.8 Å². The van der Waals surface area contributed by atoms with E-state index in [4.69, 9.17) is 0 Å². The van der Waals surface area contributed by atoms with E-state index in [0.29, 0.717) is 0 Å². The first kappa shape index (κ1) is 26.0. The smallest absolute Gasteiger partial charge is 0.0465 e. The molecule has 0 aliphatic heterocycles. The molecule has 0 N–H and O–H groups in total. The zero-order valence-corrected chi connectivity index (χ0v) is 24.5. The van der Waals surface area contributed by atoms with Gasteiger partial charge in [0.15, 0.2) is 0 Å². The number of aryl methyl sites for hydroxylation is 1. The number of rotatable bonds is 6. The fraction of sp³-hybridized carbons (Fsp3) is 0.122. The fourth-order valence-corrected chi connectivity index (χ4v) is 6.45. The van der Waals surface area contributed by atoms with Crippen LogP contribution in [0.15, 0.2) is 146 Å². The number of fused-ring (bicyclic) bond motifs is 3. The highest BCUT2D eigenvalue weighted by molar-refractivity contribution is 5.86. The third-order valence-electron chi connectivity index (χ3n) is 8.88. The molecule has 6 aromatic carbocycles. The first-order valence-electron chi connectivity index (χ1n) is 14.9. The topological polar surface area (TPSA) is 3.24 Å². The number of hydrogen-bond donors (Lipinski definition) is 0. The average molecular weight is 542 g/mol. The van der Waals surface area contributed by atoms with Crippen LogP contribution in [0.5, 0.6) is 0 Å². The normalized spacial score (nSPS) is 12.9. The summed E-state index contributed by atoms with van der Waals surface area (Å²) in [5.74, 6) is 0. The highest BCUT2D eigenvalue weighted by atomic mass is 15.1. The summed E-state index contributed by atoms with van der Waals surface area (Å²) in [7, 11) is 0. The third kappa shape index (κ3) is 4.52. The molecule has 1 nitrogen and oxygen atoms in total. The van der Waals surface area contributed by atoms with Crippen molar-refractivity contribution in [3.05, 3.63) is 162 Å². The van der Waals surface area contributed by atoms with Crippen LogP contribution in [0.1, 0.15) is 37.5 Å². The molecule has 0 heterocycles. The molecular formula is C41H35N. The van der Waals surface area contributed by atoms with Gasteiger partial charge < -0.3 is 4.90 Å². The highest BCUT2D eigenvalue weighted by Crippen LogP contribution is 2.50. The van der Waals surface area contributed by atoms with Gasteiger partial charge in [-0.1, -0.05) is 130 Å². The van der Waals surface area contributed by atoms with Crippen LogP contribution in [0, 0.1) is 0 Å². The van der Waals surface area contributed by atoms with Gasteiger partial charge in [-0.2, -0.15) is 0 Å². The van der Waals surface area contributed by atoms with Crippen LogP contribution in [0.25, 0.3) is 33.4 Å². The molecule has 1 aliphatic carbocycles. The summed E-state index contributed by atoms with van der Waals surface area (Å²) in [4.78, 5) is 2.39. The quantitative estimate of drug-likeness (QED) is 0.203. The lowest BCUT2D eigenvalue weighted by Gasteiger charge is -2.28. The highest BCUT2D eigenvalue weighted by Gasteiger charge is 2.35. The molecular weight excluding hydrogens is 506 g/mol. The second-order valence-electron chi connectivity index (χ2n) is 11.7. The summed E-state index contributed by atoms with van der Waals surface area (Å²) in [5, 5.41) is 0. The van der Waals surface area contributed by atoms with Crippen molar-refractivity contribution in [3.8, 4) is 33.4 Å². The lowest BCUT2D eigenvalue weighted by molar-refractivity contribution is 0.660. The van der Waals surface area contributed by atoms with Gasteiger partial charge in [0, 0.05) is 22.5 Å². The van der Waals surface area contributed by atoms with E-state index in [0.717, 1.165) is 17.8 Å². The molecule has 0 atom stereocenters. The molecule has 1 heteroatoms. The summed E-state index contributed by atoms with van der Waals surface area (Å²) >= 11 is 0.